The van der Waals surface area contributed by atoms with Gasteiger partial charge in [-0.25, -0.2) is 8.42 Å². The van der Waals surface area contributed by atoms with E-state index in [1.807, 2.05) is 0 Å². The molecule has 3 rings (SSSR count). The number of sulfonamides is 1. The predicted octanol–water partition coefficient (Wildman–Crippen LogP) is 3.78. The Balaban J connectivity index is 1.73. The van der Waals surface area contributed by atoms with Crippen LogP contribution in [0.25, 0.3) is 0 Å². The van der Waals surface area contributed by atoms with Gasteiger partial charge in [0.05, 0.1) is 10.0 Å². The Hall–Kier alpha value is -0.340. The fourth-order valence-corrected chi connectivity index (χ4v) is 6.79. The lowest BCUT2D eigenvalue weighted by Gasteiger charge is -2.35. The fourth-order valence-electron chi connectivity index (χ4n) is 3.48. The highest BCUT2D eigenvalue weighted by atomic mass is 79.9. The third-order valence-electron chi connectivity index (χ3n) is 4.82. The Morgan fingerprint density at radius 2 is 1.56 bits per heavy atom. The monoisotopic (exact) mass is 468 g/mol. The van der Waals surface area contributed by atoms with Crippen molar-refractivity contribution in [1.82, 2.24) is 9.21 Å². The van der Waals surface area contributed by atoms with E-state index in [1.54, 1.807) is 4.90 Å². The zero-order valence-corrected chi connectivity index (χ0v) is 17.5. The van der Waals surface area contributed by atoms with Crippen molar-refractivity contribution in [3.8, 4) is 0 Å². The van der Waals surface area contributed by atoms with Crippen LogP contribution in [-0.4, -0.2) is 49.7 Å². The molecule has 1 aromatic carbocycles. The third kappa shape index (κ3) is 4.00. The highest BCUT2D eigenvalue weighted by molar-refractivity contribution is 9.10. The Kier molecular flexibility index (Phi) is 6.00. The molecule has 0 atom stereocenters. The van der Waals surface area contributed by atoms with Crippen LogP contribution < -0.4 is 0 Å². The molecule has 0 radical (unpaired) electrons. The fraction of sp³-hybridized carbons (Fsp3) is 0.562. The first-order chi connectivity index (χ1) is 11.8. The molecule has 1 aliphatic carbocycles. The van der Waals surface area contributed by atoms with Crippen LogP contribution in [0, 0.1) is 5.92 Å². The molecule has 5 nitrogen and oxygen atoms in total. The molecule has 2 aliphatic rings. The maximum absolute atomic E-state index is 12.9. The van der Waals surface area contributed by atoms with Crippen molar-refractivity contribution in [2.24, 2.45) is 5.92 Å². The molecule has 1 heterocycles. The molecular formula is C16H19BrCl2N2O3S. The summed E-state index contributed by atoms with van der Waals surface area (Å²) in [7, 11) is -3.80. The van der Waals surface area contributed by atoms with E-state index >= 15 is 0 Å². The minimum atomic E-state index is -3.80. The summed E-state index contributed by atoms with van der Waals surface area (Å²) in [6, 6.07) is 3.03. The van der Waals surface area contributed by atoms with Gasteiger partial charge in [0, 0.05) is 36.6 Å². The summed E-state index contributed by atoms with van der Waals surface area (Å²) in [6.45, 7) is 1.31. The van der Waals surface area contributed by atoms with Crippen LogP contribution in [0.3, 0.4) is 0 Å². The Morgan fingerprint density at radius 3 is 2.08 bits per heavy atom. The van der Waals surface area contributed by atoms with Crippen LogP contribution in [0.5, 0.6) is 0 Å². The topological polar surface area (TPSA) is 57.7 Å². The van der Waals surface area contributed by atoms with Crippen LogP contribution in [0.2, 0.25) is 10.0 Å². The first-order valence-electron chi connectivity index (χ1n) is 8.24. The number of piperazine rings is 1. The van der Waals surface area contributed by atoms with Gasteiger partial charge in [-0.1, -0.05) is 52.0 Å². The van der Waals surface area contributed by atoms with Gasteiger partial charge in [-0.3, -0.25) is 4.79 Å². The lowest BCUT2D eigenvalue weighted by molar-refractivity contribution is -0.136. The average Bonchev–Trinajstić information content (AvgIpc) is 3.07. The van der Waals surface area contributed by atoms with E-state index in [0.717, 1.165) is 25.7 Å². The SMILES string of the molecule is O=C(C1CCCC1)N1CCN(S(=O)(=O)c2c(Cl)cc(Br)cc2Cl)CC1. The van der Waals surface area contributed by atoms with Crippen molar-refractivity contribution in [3.05, 3.63) is 26.7 Å². The molecule has 1 amide bonds. The number of benzene rings is 1. The Morgan fingerprint density at radius 1 is 1.04 bits per heavy atom. The van der Waals surface area contributed by atoms with Crippen LogP contribution in [0.4, 0.5) is 0 Å². The van der Waals surface area contributed by atoms with E-state index in [2.05, 4.69) is 15.9 Å². The van der Waals surface area contributed by atoms with E-state index in [1.165, 1.54) is 16.4 Å². The number of amides is 1. The maximum atomic E-state index is 12.9. The summed E-state index contributed by atoms with van der Waals surface area (Å²) >= 11 is 15.5. The van der Waals surface area contributed by atoms with Gasteiger partial charge in [-0.15, -0.1) is 0 Å². The summed E-state index contributed by atoms with van der Waals surface area (Å²) in [6.07, 6.45) is 4.10. The van der Waals surface area contributed by atoms with Crippen LogP contribution in [0.1, 0.15) is 25.7 Å². The van der Waals surface area contributed by atoms with Gasteiger partial charge in [0.15, 0.2) is 0 Å². The highest BCUT2D eigenvalue weighted by Crippen LogP contribution is 2.35. The summed E-state index contributed by atoms with van der Waals surface area (Å²) in [4.78, 5) is 14.2. The summed E-state index contributed by atoms with van der Waals surface area (Å²) in [5.41, 5.74) is 0. The lowest BCUT2D eigenvalue weighted by Crippen LogP contribution is -2.51. The smallest absolute Gasteiger partial charge is 0.246 e. The van der Waals surface area contributed by atoms with Crippen LogP contribution >= 0.6 is 39.1 Å². The zero-order valence-electron chi connectivity index (χ0n) is 13.6. The van der Waals surface area contributed by atoms with Gasteiger partial charge in [0.25, 0.3) is 0 Å². The van der Waals surface area contributed by atoms with Crippen molar-refractivity contribution in [3.63, 3.8) is 0 Å². The molecule has 1 aromatic rings. The molecular weight excluding hydrogens is 451 g/mol. The second kappa shape index (κ2) is 7.72. The van der Waals surface area contributed by atoms with Crippen molar-refractivity contribution >= 4 is 55.1 Å². The molecule has 0 spiro atoms. The standard InChI is InChI=1S/C16H19BrCl2N2O3S/c17-12-9-13(18)15(14(19)10-12)25(23,24)21-7-5-20(6-8-21)16(22)11-3-1-2-4-11/h9-11H,1-8H2. The molecule has 0 unspecified atom stereocenters. The van der Waals surface area contributed by atoms with Crippen molar-refractivity contribution in [1.29, 1.82) is 0 Å². The quantitative estimate of drug-likeness (QED) is 0.676. The van der Waals surface area contributed by atoms with E-state index in [4.69, 9.17) is 23.2 Å². The molecule has 138 valence electrons. The second-order valence-corrected chi connectivity index (χ2v) is 10.0. The third-order valence-corrected chi connectivity index (χ3v) is 8.09. The van der Waals surface area contributed by atoms with E-state index in [-0.39, 0.29) is 39.9 Å². The van der Waals surface area contributed by atoms with Gasteiger partial charge in [-0.05, 0) is 25.0 Å². The van der Waals surface area contributed by atoms with Crippen molar-refractivity contribution in [2.75, 3.05) is 26.2 Å². The molecule has 25 heavy (non-hydrogen) atoms. The molecule has 0 bridgehead atoms. The first kappa shape index (κ1) is 19.4. The Labute approximate surface area is 166 Å². The van der Waals surface area contributed by atoms with Gasteiger partial charge in [-0.2, -0.15) is 4.31 Å². The molecule has 1 saturated carbocycles. The van der Waals surface area contributed by atoms with E-state index in [0.29, 0.717) is 17.6 Å². The second-order valence-electron chi connectivity index (χ2n) is 6.41. The lowest BCUT2D eigenvalue weighted by atomic mass is 10.1. The zero-order chi connectivity index (χ0) is 18.2. The van der Waals surface area contributed by atoms with E-state index in [9.17, 15) is 13.2 Å². The summed E-state index contributed by atoms with van der Waals surface area (Å²) in [5.74, 6) is 0.271. The number of rotatable bonds is 3. The minimum Gasteiger partial charge on any atom is -0.340 e. The maximum Gasteiger partial charge on any atom is 0.246 e. The Bertz CT molecular complexity index is 751. The molecule has 1 aliphatic heterocycles. The molecule has 1 saturated heterocycles. The number of hydrogen-bond acceptors (Lipinski definition) is 3. The number of carbonyl (C=O) groups is 1. The van der Waals surface area contributed by atoms with Crippen LogP contribution in [-0.2, 0) is 14.8 Å². The number of carbonyl (C=O) groups excluding carboxylic acids is 1. The van der Waals surface area contributed by atoms with Gasteiger partial charge in [0.1, 0.15) is 4.90 Å². The first-order valence-corrected chi connectivity index (χ1v) is 11.2. The normalized spacial score (nSPS) is 20.2. The summed E-state index contributed by atoms with van der Waals surface area (Å²) < 4.78 is 27.8. The largest absolute Gasteiger partial charge is 0.340 e. The highest BCUT2D eigenvalue weighted by Gasteiger charge is 2.35. The van der Waals surface area contributed by atoms with Gasteiger partial charge >= 0.3 is 0 Å². The van der Waals surface area contributed by atoms with Crippen LogP contribution in [0.15, 0.2) is 21.5 Å². The molecule has 0 N–H and O–H groups in total. The molecule has 9 heteroatoms. The van der Waals surface area contributed by atoms with Gasteiger partial charge < -0.3 is 4.90 Å². The summed E-state index contributed by atoms with van der Waals surface area (Å²) in [5, 5.41) is 0.174. The number of halogens is 3. The minimum absolute atomic E-state index is 0.0744. The van der Waals surface area contributed by atoms with E-state index < -0.39 is 10.0 Å². The molecule has 0 aromatic heterocycles. The van der Waals surface area contributed by atoms with Crippen molar-refractivity contribution in [2.45, 2.75) is 30.6 Å². The average molecular weight is 470 g/mol. The number of hydrogen-bond donors (Lipinski definition) is 0. The van der Waals surface area contributed by atoms with Gasteiger partial charge in [0.2, 0.25) is 15.9 Å². The predicted molar refractivity (Wildman–Crippen MR) is 101 cm³/mol. The number of nitrogens with zero attached hydrogens (tertiary/aromatic N) is 2. The van der Waals surface area contributed by atoms with Crippen molar-refractivity contribution < 1.29 is 13.2 Å². The molecule has 2 fully saturated rings.